The quantitative estimate of drug-likeness (QED) is 0.0684. The molecule has 1 saturated carbocycles. The molecule has 0 bridgehead atoms. The Morgan fingerprint density at radius 3 is 0.935 bits per heavy atom. The van der Waals surface area contributed by atoms with Gasteiger partial charge in [0.1, 0.15) is 23.3 Å². The van der Waals surface area contributed by atoms with Crippen LogP contribution >= 0.6 is 34.8 Å². The number of hydrogen-bond acceptors (Lipinski definition) is 4. The zero-order valence-corrected chi connectivity index (χ0v) is 54.2. The molecule has 0 spiro atoms. The van der Waals surface area contributed by atoms with Crippen LogP contribution in [0.4, 0.5) is 0 Å². The Morgan fingerprint density at radius 1 is 0.370 bits per heavy atom. The number of rotatable bonds is 18. The third-order valence-electron chi connectivity index (χ3n) is 17.9. The zero-order chi connectivity index (χ0) is 64.8. The number of ketones is 2. The number of carbonyl (C=O) groups is 4. The Labute approximate surface area is 557 Å². The molecule has 1 aliphatic carbocycles. The summed E-state index contributed by atoms with van der Waals surface area (Å²) in [6.45, 7) is 3.41. The van der Waals surface area contributed by atoms with Crippen LogP contribution in [0.3, 0.4) is 0 Å². The lowest BCUT2D eigenvalue weighted by atomic mass is 9.59. The molecular weight excluding hydrogens is 1190 g/mol. The van der Waals surface area contributed by atoms with Crippen LogP contribution in [0, 0.1) is 5.92 Å². The van der Waals surface area contributed by atoms with E-state index in [2.05, 4.69) is 97.1 Å². The molecular formula is C84H76Cl3NO4. The van der Waals surface area contributed by atoms with Crippen molar-refractivity contribution >= 4 is 58.6 Å². The van der Waals surface area contributed by atoms with E-state index < -0.39 is 27.6 Å². The lowest BCUT2D eigenvalue weighted by Crippen LogP contribution is -2.44. The van der Waals surface area contributed by atoms with Crippen molar-refractivity contribution in [1.82, 2.24) is 0 Å². The molecule has 0 aliphatic heterocycles. The molecule has 12 rings (SSSR count). The monoisotopic (exact) mass is 1270 g/mol. The number of hydrogen-bond donors (Lipinski definition) is 1. The summed E-state index contributed by atoms with van der Waals surface area (Å²) in [5.41, 5.74) is 13.9. The molecule has 1 amide bonds. The van der Waals surface area contributed by atoms with Crippen molar-refractivity contribution in [2.45, 2.75) is 80.5 Å². The van der Waals surface area contributed by atoms with E-state index in [4.69, 9.17) is 40.5 Å². The molecule has 1 fully saturated rings. The van der Waals surface area contributed by atoms with Gasteiger partial charge in [0.05, 0.1) is 16.2 Å². The van der Waals surface area contributed by atoms with E-state index in [1.165, 1.54) is 19.3 Å². The van der Waals surface area contributed by atoms with Gasteiger partial charge < -0.3 is 10.5 Å². The van der Waals surface area contributed by atoms with Crippen molar-refractivity contribution in [3.8, 4) is 0 Å². The molecule has 2 N–H and O–H groups in total. The largest absolute Gasteiger partial charge is 0.368 e. The van der Waals surface area contributed by atoms with E-state index in [0.29, 0.717) is 39.4 Å². The fraction of sp³-hybridized carbons (Fsp3) is 0.167. The maximum Gasteiger partial charge on any atom is 0.237 e. The Morgan fingerprint density at radius 2 is 0.641 bits per heavy atom. The lowest BCUT2D eigenvalue weighted by Gasteiger charge is -2.42. The predicted octanol–water partition coefficient (Wildman–Crippen LogP) is 20.2. The molecule has 5 nitrogen and oxygen atoms in total. The molecule has 0 radical (unpaired) electrons. The first-order chi connectivity index (χ1) is 44.9. The number of benzene rings is 11. The third kappa shape index (κ3) is 14.4. The molecule has 1 aliphatic rings. The van der Waals surface area contributed by atoms with E-state index in [-0.39, 0.29) is 11.6 Å². The first-order valence-corrected chi connectivity index (χ1v) is 32.4. The summed E-state index contributed by atoms with van der Waals surface area (Å²) in [4.78, 5) is 49.6. The highest BCUT2D eigenvalue weighted by Crippen LogP contribution is 2.49. The summed E-state index contributed by atoms with van der Waals surface area (Å²) in [6.07, 6.45) is 7.73. The Bertz CT molecular complexity index is 3950. The Balaban J connectivity index is 0.000000145. The molecule has 0 aromatic heterocycles. The second-order valence-corrected chi connectivity index (χ2v) is 24.5. The van der Waals surface area contributed by atoms with Gasteiger partial charge in [-0.25, -0.2) is 0 Å². The Hall–Kier alpha value is -9.23. The van der Waals surface area contributed by atoms with Crippen molar-refractivity contribution < 1.29 is 19.2 Å². The highest BCUT2D eigenvalue weighted by molar-refractivity contribution is 6.32. The zero-order valence-electron chi connectivity index (χ0n) is 52.0. The van der Waals surface area contributed by atoms with Crippen molar-refractivity contribution in [3.63, 3.8) is 0 Å². The molecule has 0 atom stereocenters. The van der Waals surface area contributed by atoms with Crippen LogP contribution in [0.15, 0.2) is 315 Å². The lowest BCUT2D eigenvalue weighted by molar-refractivity contribution is -0.123. The van der Waals surface area contributed by atoms with Crippen molar-refractivity contribution in [3.05, 3.63) is 392 Å². The molecule has 11 aromatic rings. The smallest absolute Gasteiger partial charge is 0.237 e. The van der Waals surface area contributed by atoms with Gasteiger partial charge in [-0.2, -0.15) is 0 Å². The molecule has 11 aromatic carbocycles. The van der Waals surface area contributed by atoms with Crippen LogP contribution in [-0.4, -0.2) is 23.8 Å². The van der Waals surface area contributed by atoms with E-state index >= 15 is 0 Å². The number of aldehydes is 1. The number of primary amides is 1. The van der Waals surface area contributed by atoms with Gasteiger partial charge in [0.15, 0.2) is 0 Å². The molecule has 0 saturated heterocycles. The first-order valence-electron chi connectivity index (χ1n) is 31.3. The van der Waals surface area contributed by atoms with E-state index in [1.54, 1.807) is 19.9 Å². The van der Waals surface area contributed by atoms with E-state index in [0.717, 1.165) is 74.8 Å². The molecule has 0 heterocycles. The SMILES string of the molecule is CC(=O)C(c1ccccc1)(c1ccccc1)C1CCCCC1.CC(=O)CC(c1ccccc1)(c1ccccc1)c1ccccc1Cl.NC(=O)C(c1ccccc1)(c1ccccc1)c1ccccc1Cl.O=CCC(c1ccccc1)(c1ccccc1)c1ccccc1Cl. The van der Waals surface area contributed by atoms with Crippen LogP contribution in [0.2, 0.25) is 15.1 Å². The first kappa shape index (κ1) is 67.2. The third-order valence-corrected chi connectivity index (χ3v) is 18.9. The Kier molecular flexibility index (Phi) is 23.5. The van der Waals surface area contributed by atoms with Gasteiger partial charge in [-0.3, -0.25) is 14.4 Å². The van der Waals surface area contributed by atoms with Gasteiger partial charge in [0.25, 0.3) is 0 Å². The molecule has 92 heavy (non-hydrogen) atoms. The van der Waals surface area contributed by atoms with Gasteiger partial charge in [-0.1, -0.05) is 351 Å². The summed E-state index contributed by atoms with van der Waals surface area (Å²) in [5, 5.41) is 1.85. The minimum atomic E-state index is -1.12. The average Bonchev–Trinajstić information content (AvgIpc) is 0.784. The van der Waals surface area contributed by atoms with E-state index in [9.17, 15) is 19.2 Å². The number of nitrogens with two attached hydrogens (primary N) is 1. The molecule has 0 unspecified atom stereocenters. The van der Waals surface area contributed by atoms with Crippen LogP contribution < -0.4 is 5.73 Å². The van der Waals surface area contributed by atoms with E-state index in [1.807, 2.05) is 212 Å². The topological polar surface area (TPSA) is 94.3 Å². The maximum atomic E-state index is 13.0. The fourth-order valence-electron chi connectivity index (χ4n) is 13.9. The van der Waals surface area contributed by atoms with Crippen molar-refractivity contribution in [2.75, 3.05) is 0 Å². The fourth-order valence-corrected chi connectivity index (χ4v) is 14.8. The highest BCUT2D eigenvalue weighted by Gasteiger charge is 2.47. The summed E-state index contributed by atoms with van der Waals surface area (Å²) in [5.74, 6) is 0.353. The second-order valence-electron chi connectivity index (χ2n) is 23.2. The highest BCUT2D eigenvalue weighted by atomic mass is 35.5. The van der Waals surface area contributed by atoms with Crippen LogP contribution in [0.25, 0.3) is 0 Å². The average molecular weight is 1270 g/mol. The number of carbonyl (C=O) groups excluding carboxylic acids is 4. The summed E-state index contributed by atoms with van der Waals surface area (Å²) in [7, 11) is 0. The second kappa shape index (κ2) is 32.2. The summed E-state index contributed by atoms with van der Waals surface area (Å²) < 4.78 is 0. The van der Waals surface area contributed by atoms with Gasteiger partial charge >= 0.3 is 0 Å². The minimum absolute atomic E-state index is 0.127. The maximum absolute atomic E-state index is 13.0. The number of Topliss-reactive ketones (excluding diaryl/α,β-unsaturated/α-hetero) is 2. The van der Waals surface area contributed by atoms with Gasteiger partial charge in [0.2, 0.25) is 5.91 Å². The number of halogens is 3. The van der Waals surface area contributed by atoms with Gasteiger partial charge in [0, 0.05) is 27.9 Å². The molecule has 8 heteroatoms. The van der Waals surface area contributed by atoms with Crippen LogP contribution in [0.5, 0.6) is 0 Å². The summed E-state index contributed by atoms with van der Waals surface area (Å²) >= 11 is 19.6. The van der Waals surface area contributed by atoms with Gasteiger partial charge in [-0.05, 0) is 112 Å². The minimum Gasteiger partial charge on any atom is -0.368 e. The number of amides is 1. The molecule has 462 valence electrons. The normalized spacial score (nSPS) is 12.4. The van der Waals surface area contributed by atoms with Crippen molar-refractivity contribution in [1.29, 1.82) is 0 Å². The van der Waals surface area contributed by atoms with Crippen molar-refractivity contribution in [2.24, 2.45) is 11.7 Å². The van der Waals surface area contributed by atoms with Crippen LogP contribution in [0.1, 0.15) is 120 Å². The van der Waals surface area contributed by atoms with Gasteiger partial charge in [-0.15, -0.1) is 0 Å². The standard InChI is InChI=1S/C22H19ClO.C21H17ClO.C21H24O.C20H16ClNO/c1-17(24)16-22(18-10-4-2-5-11-18,19-12-6-3-7-13-19)20-14-8-9-15-21(20)23;22-20-14-8-7-13-19(20)21(15-16-23,17-9-3-1-4-10-17)18-11-5-2-6-12-18;1-17(22)21(18-11-5-2-6-12-18,19-13-7-3-8-14-19)20-15-9-4-10-16-20;21-18-14-8-7-13-17(18)20(19(22)23,15-9-3-1-4-10-15)16-11-5-2-6-12-16/h2-15H,16H2,1H3;1-14,16H,15H2;2-3,5-8,11-14,20H,4,9-10,15-16H2,1H3;1-14H,(H2,22,23). The van der Waals surface area contributed by atoms with Crippen LogP contribution in [-0.2, 0) is 40.8 Å². The summed E-state index contributed by atoms with van der Waals surface area (Å²) in [6, 6.07) is 103. The predicted molar refractivity (Wildman–Crippen MR) is 379 cm³/mol.